The second kappa shape index (κ2) is 14.6. The number of carbonyl (C=O) groups excluding carboxylic acids is 1. The van der Waals surface area contributed by atoms with E-state index in [4.69, 9.17) is 21.7 Å². The van der Waals surface area contributed by atoms with Crippen molar-refractivity contribution >= 4 is 78.7 Å². The molecule has 0 amide bonds. The second-order valence-electron chi connectivity index (χ2n) is 10.9. The van der Waals surface area contributed by atoms with E-state index in [1.807, 2.05) is 19.1 Å². The quantitative estimate of drug-likeness (QED) is 0.0632. The van der Waals surface area contributed by atoms with E-state index >= 15 is 0 Å². The van der Waals surface area contributed by atoms with Crippen LogP contribution in [0.1, 0.15) is 21.5 Å². The predicted octanol–water partition coefficient (Wildman–Crippen LogP) is 2.80. The van der Waals surface area contributed by atoms with Crippen LogP contribution in [0, 0.1) is 12.3 Å². The molecular formula is C34H27ClN7NaO6S. The Labute approximate surface area is 313 Å². The predicted molar refractivity (Wildman–Crippen MR) is 190 cm³/mol. The molecule has 1 aromatic heterocycles. The van der Waals surface area contributed by atoms with Gasteiger partial charge in [-0.2, -0.15) is 4.99 Å². The second-order valence-corrected chi connectivity index (χ2v) is 12.6. The zero-order valence-electron chi connectivity index (χ0n) is 27.2. The van der Waals surface area contributed by atoms with Crippen molar-refractivity contribution in [2.75, 3.05) is 23.1 Å². The van der Waals surface area contributed by atoms with E-state index in [1.54, 1.807) is 56.6 Å². The smallest absolute Gasteiger partial charge is 0.744 e. The van der Waals surface area contributed by atoms with Gasteiger partial charge in [0, 0.05) is 41.5 Å². The van der Waals surface area contributed by atoms with Gasteiger partial charge in [-0.1, -0.05) is 30.3 Å². The molecule has 4 aromatic carbocycles. The standard InChI is InChI=1S/C34H28ClN7O6S.Na/c1-18-8-10-20(48-3)15-25(18)37-17-38-33(35)41-34(36)39-19-9-13-28(49(45,46)47)26(14-19)40-24-11-12-27-30-23(16-29(43)42(27)2)21-6-4-5-7-22(21)32(44)31(24)30;/h4-17,40H,1-3H3,(H,45,46,47)(H3,36,37,38,39,41);/q;+1/p-1. The van der Waals surface area contributed by atoms with Crippen LogP contribution in [0.5, 0.6) is 5.75 Å². The molecule has 0 bridgehead atoms. The normalized spacial score (nSPS) is 12.3. The van der Waals surface area contributed by atoms with E-state index in [0.717, 1.165) is 17.3 Å². The van der Waals surface area contributed by atoms with Crippen LogP contribution in [0.4, 0.5) is 22.7 Å². The number of pyridine rings is 1. The molecular weight excluding hydrogens is 693 g/mol. The molecule has 13 nitrogen and oxygen atoms in total. The third-order valence-corrected chi connectivity index (χ3v) is 9.00. The summed E-state index contributed by atoms with van der Waals surface area (Å²) in [6.45, 7) is 1.89. The Morgan fingerprint density at radius 3 is 2.42 bits per heavy atom. The van der Waals surface area contributed by atoms with Crippen LogP contribution in [-0.2, 0) is 17.2 Å². The van der Waals surface area contributed by atoms with E-state index in [-0.39, 0.29) is 68.8 Å². The Morgan fingerprint density at radius 2 is 1.70 bits per heavy atom. The van der Waals surface area contributed by atoms with E-state index in [2.05, 4.69) is 25.9 Å². The maximum absolute atomic E-state index is 13.9. The average Bonchev–Trinajstić information content (AvgIpc) is 3.06. The van der Waals surface area contributed by atoms with Gasteiger partial charge in [0.05, 0.1) is 40.8 Å². The number of nitrogens with one attached hydrogen (secondary N) is 4. The number of carbonyl (C=O) groups is 1. The number of benzene rings is 4. The van der Waals surface area contributed by atoms with Crippen molar-refractivity contribution in [3.8, 4) is 16.9 Å². The summed E-state index contributed by atoms with van der Waals surface area (Å²) in [6.07, 6.45) is 1.30. The molecule has 0 saturated heterocycles. The number of methoxy groups -OCH3 is 1. The van der Waals surface area contributed by atoms with Crippen molar-refractivity contribution in [1.82, 2.24) is 4.57 Å². The molecule has 0 fully saturated rings. The Morgan fingerprint density at radius 1 is 0.960 bits per heavy atom. The van der Waals surface area contributed by atoms with Gasteiger partial charge in [-0.15, -0.1) is 0 Å². The van der Waals surface area contributed by atoms with E-state index in [1.165, 1.54) is 29.1 Å². The number of guanidine groups is 1. The first kappa shape index (κ1) is 36.5. The van der Waals surface area contributed by atoms with Crippen LogP contribution in [0.3, 0.4) is 0 Å². The van der Waals surface area contributed by atoms with Gasteiger partial charge in [0.2, 0.25) is 11.3 Å². The summed E-state index contributed by atoms with van der Waals surface area (Å²) >= 11 is 6.12. The molecule has 50 heavy (non-hydrogen) atoms. The fourth-order valence-corrected chi connectivity index (χ4v) is 6.30. The molecule has 4 N–H and O–H groups in total. The summed E-state index contributed by atoms with van der Waals surface area (Å²) in [5.41, 5.74) is 3.83. The SMILES string of the molecule is COc1ccc(C)c(N/C=N/C(Cl)=N\C(=N)Nc2ccc(S(=O)(=O)[O-])c(Nc3ccc4c5c(cc(=O)n4C)-c4ccccc4C(=O)c35)c2)c1.[Na+]. The largest absolute Gasteiger partial charge is 1.00 e. The van der Waals surface area contributed by atoms with Crippen molar-refractivity contribution in [2.45, 2.75) is 11.8 Å². The number of rotatable bonds is 7. The minimum atomic E-state index is -5.00. The molecule has 0 unspecified atom stereocenters. The molecule has 6 rings (SSSR count). The summed E-state index contributed by atoms with van der Waals surface area (Å²) < 4.78 is 43.5. The molecule has 1 aliphatic rings. The molecule has 248 valence electrons. The first-order valence-electron chi connectivity index (χ1n) is 14.6. The van der Waals surface area contributed by atoms with Crippen LogP contribution in [0.15, 0.2) is 98.5 Å². The molecule has 0 radical (unpaired) electrons. The first-order valence-corrected chi connectivity index (χ1v) is 16.4. The summed E-state index contributed by atoms with van der Waals surface area (Å²) in [5.74, 6) is -0.148. The summed E-state index contributed by atoms with van der Waals surface area (Å²) in [7, 11) is -1.85. The number of aliphatic imine (C=N–C) groups is 2. The van der Waals surface area contributed by atoms with Gasteiger partial charge >= 0.3 is 29.6 Å². The van der Waals surface area contributed by atoms with Gasteiger partial charge in [-0.25, -0.2) is 13.4 Å². The number of fused-ring (bicyclic) bond motifs is 2. The summed E-state index contributed by atoms with van der Waals surface area (Å²) in [4.78, 5) is 34.0. The average molecular weight is 720 g/mol. The fraction of sp³-hybridized carbons (Fsp3) is 0.0882. The number of ketones is 1. The van der Waals surface area contributed by atoms with Crippen LogP contribution in [-0.4, -0.2) is 48.0 Å². The molecule has 0 atom stereocenters. The van der Waals surface area contributed by atoms with Gasteiger partial charge in [-0.05, 0) is 71.6 Å². The van der Waals surface area contributed by atoms with Crippen LogP contribution in [0.25, 0.3) is 22.0 Å². The minimum absolute atomic E-state index is 0. The minimum Gasteiger partial charge on any atom is -0.744 e. The van der Waals surface area contributed by atoms with Crippen LogP contribution < -0.4 is 55.8 Å². The number of amidine groups is 1. The Balaban J connectivity index is 0.00000486. The van der Waals surface area contributed by atoms with Crippen molar-refractivity contribution in [2.24, 2.45) is 17.0 Å². The number of aromatic nitrogens is 1. The van der Waals surface area contributed by atoms with Crippen molar-refractivity contribution in [1.29, 1.82) is 5.41 Å². The molecule has 5 aromatic rings. The van der Waals surface area contributed by atoms with E-state index in [0.29, 0.717) is 33.3 Å². The van der Waals surface area contributed by atoms with Crippen LogP contribution in [0.2, 0.25) is 0 Å². The Hall–Kier alpha value is -4.83. The van der Waals surface area contributed by atoms with Gasteiger partial charge < -0.3 is 29.8 Å². The van der Waals surface area contributed by atoms with Gasteiger partial charge in [0.25, 0.3) is 5.56 Å². The monoisotopic (exact) mass is 719 g/mol. The maximum Gasteiger partial charge on any atom is 1.00 e. The van der Waals surface area contributed by atoms with E-state index in [9.17, 15) is 22.6 Å². The molecule has 16 heteroatoms. The number of ether oxygens (including phenoxy) is 1. The maximum atomic E-state index is 13.9. The fourth-order valence-electron chi connectivity index (χ4n) is 5.55. The molecule has 0 aliphatic heterocycles. The number of aryl methyl sites for hydroxylation is 2. The van der Waals surface area contributed by atoms with Crippen LogP contribution >= 0.6 is 11.6 Å². The molecule has 0 saturated carbocycles. The zero-order valence-corrected chi connectivity index (χ0v) is 30.7. The third kappa shape index (κ3) is 7.21. The number of hydrogen-bond acceptors (Lipinski definition) is 8. The van der Waals surface area contributed by atoms with Gasteiger partial charge in [-0.3, -0.25) is 15.0 Å². The number of anilines is 4. The first-order chi connectivity index (χ1) is 23.3. The van der Waals surface area contributed by atoms with Crippen molar-refractivity contribution in [3.63, 3.8) is 0 Å². The zero-order chi connectivity index (χ0) is 35.0. The van der Waals surface area contributed by atoms with Gasteiger partial charge in [0.15, 0.2) is 5.78 Å². The van der Waals surface area contributed by atoms with Crippen molar-refractivity contribution in [3.05, 3.63) is 106 Å². The summed E-state index contributed by atoms with van der Waals surface area (Å²) in [5, 5.41) is 17.1. The topological polar surface area (TPSA) is 190 Å². The molecule has 0 spiro atoms. The van der Waals surface area contributed by atoms with Gasteiger partial charge in [0.1, 0.15) is 15.9 Å². The number of halogens is 1. The van der Waals surface area contributed by atoms with Crippen molar-refractivity contribution < 1.29 is 52.1 Å². The van der Waals surface area contributed by atoms with E-state index < -0.39 is 21.0 Å². The summed E-state index contributed by atoms with van der Waals surface area (Å²) in [6, 6.07) is 20.6. The number of hydrogen-bond donors (Lipinski definition) is 4. The number of nitrogens with zero attached hydrogens (tertiary/aromatic N) is 3. The molecule has 1 aliphatic carbocycles. The third-order valence-electron chi connectivity index (χ3n) is 7.92. The molecule has 1 heterocycles. The Kier molecular flexibility index (Phi) is 10.6. The Bertz CT molecular complexity index is 2450.